The zero-order valence-electron chi connectivity index (χ0n) is 9.81. The maximum atomic E-state index is 11.6. The van der Waals surface area contributed by atoms with Gasteiger partial charge in [0, 0.05) is 11.0 Å². The highest BCUT2D eigenvalue weighted by Gasteiger charge is 2.13. The molecule has 1 aromatic rings. The van der Waals surface area contributed by atoms with Crippen LogP contribution in [0.2, 0.25) is 0 Å². The largest absolute Gasteiger partial charge is 0.394 e. The van der Waals surface area contributed by atoms with Crippen molar-refractivity contribution in [3.63, 3.8) is 0 Å². The quantitative estimate of drug-likeness (QED) is 0.820. The molecule has 0 aromatic carbocycles. The Kier molecular flexibility index (Phi) is 5.88. The number of rotatable bonds is 5. The van der Waals surface area contributed by atoms with Gasteiger partial charge in [-0.3, -0.25) is 4.79 Å². The number of amides is 1. The minimum absolute atomic E-state index is 0.0399. The lowest BCUT2D eigenvalue weighted by Crippen LogP contribution is -2.40. The first-order chi connectivity index (χ1) is 8.02. The molecule has 0 saturated heterocycles. The van der Waals surface area contributed by atoms with Crippen molar-refractivity contribution in [2.75, 3.05) is 6.61 Å². The Morgan fingerprint density at radius 1 is 1.59 bits per heavy atom. The molecule has 2 N–H and O–H groups in total. The van der Waals surface area contributed by atoms with Gasteiger partial charge in [-0.1, -0.05) is 13.8 Å². The number of aliphatic hydroxyl groups excluding tert-OH is 1. The number of hydrogen-bond acceptors (Lipinski definition) is 3. The number of carbonyl (C=O) groups excluding carboxylic acids is 1. The third kappa shape index (κ3) is 5.02. The summed E-state index contributed by atoms with van der Waals surface area (Å²) >= 11 is 4.92. The smallest absolute Gasteiger partial charge is 0.244 e. The van der Waals surface area contributed by atoms with Crippen LogP contribution in [0.3, 0.4) is 0 Å². The number of aliphatic hydroxyl groups is 1. The summed E-state index contributed by atoms with van der Waals surface area (Å²) in [7, 11) is 0. The molecule has 1 heterocycles. The summed E-state index contributed by atoms with van der Waals surface area (Å²) in [5.74, 6) is 0.0375. The molecule has 0 spiro atoms. The van der Waals surface area contributed by atoms with Crippen molar-refractivity contribution in [3.8, 4) is 0 Å². The molecule has 1 amide bonds. The molecule has 1 aromatic heterocycles. The highest BCUT2D eigenvalue weighted by Crippen LogP contribution is 2.22. The Labute approximate surface area is 114 Å². The summed E-state index contributed by atoms with van der Waals surface area (Å²) < 4.78 is 1.04. The molecule has 0 fully saturated rings. The fourth-order valence-corrected chi connectivity index (χ4v) is 2.56. The van der Waals surface area contributed by atoms with E-state index in [4.69, 9.17) is 5.11 Å². The monoisotopic (exact) mass is 317 g/mol. The summed E-state index contributed by atoms with van der Waals surface area (Å²) in [5, 5.41) is 11.9. The van der Waals surface area contributed by atoms with E-state index in [1.165, 1.54) is 6.08 Å². The van der Waals surface area contributed by atoms with Gasteiger partial charge in [0.05, 0.1) is 16.4 Å². The second-order valence-corrected chi connectivity index (χ2v) is 6.51. The SMILES string of the molecule is CC(C)C(CO)NC(=O)/C=C/c1ccc(Br)s1. The van der Waals surface area contributed by atoms with Gasteiger partial charge in [0.15, 0.2) is 0 Å². The minimum Gasteiger partial charge on any atom is -0.394 e. The zero-order chi connectivity index (χ0) is 12.8. The second kappa shape index (κ2) is 6.93. The number of hydrogen-bond donors (Lipinski definition) is 2. The molecule has 0 bridgehead atoms. The molecular weight excluding hydrogens is 302 g/mol. The Morgan fingerprint density at radius 3 is 2.76 bits per heavy atom. The first kappa shape index (κ1) is 14.4. The van der Waals surface area contributed by atoms with Crippen LogP contribution in [-0.4, -0.2) is 23.7 Å². The average molecular weight is 318 g/mol. The maximum absolute atomic E-state index is 11.6. The van der Waals surface area contributed by atoms with Crippen molar-refractivity contribution in [2.45, 2.75) is 19.9 Å². The predicted molar refractivity (Wildman–Crippen MR) is 74.9 cm³/mol. The standard InChI is InChI=1S/C12H16BrNO2S/c1-8(2)10(7-15)14-12(16)6-4-9-3-5-11(13)17-9/h3-6,8,10,15H,7H2,1-2H3,(H,14,16)/b6-4+. The fourth-order valence-electron chi connectivity index (χ4n) is 1.23. The van der Waals surface area contributed by atoms with E-state index in [0.29, 0.717) is 0 Å². The molecule has 0 saturated carbocycles. The van der Waals surface area contributed by atoms with E-state index < -0.39 is 0 Å². The first-order valence-electron chi connectivity index (χ1n) is 5.37. The third-order valence-corrected chi connectivity index (χ3v) is 3.91. The van der Waals surface area contributed by atoms with Crippen molar-refractivity contribution in [1.82, 2.24) is 5.32 Å². The number of carbonyl (C=O) groups is 1. The Balaban J connectivity index is 2.52. The van der Waals surface area contributed by atoms with Crippen LogP contribution in [0.25, 0.3) is 6.08 Å². The topological polar surface area (TPSA) is 49.3 Å². The van der Waals surface area contributed by atoms with Crippen LogP contribution in [0.4, 0.5) is 0 Å². The van der Waals surface area contributed by atoms with Crippen LogP contribution in [0.1, 0.15) is 18.7 Å². The van der Waals surface area contributed by atoms with Crippen molar-refractivity contribution >= 4 is 39.2 Å². The van der Waals surface area contributed by atoms with Gasteiger partial charge in [-0.05, 0) is 40.1 Å². The average Bonchev–Trinajstić information content (AvgIpc) is 2.68. The van der Waals surface area contributed by atoms with Gasteiger partial charge in [-0.25, -0.2) is 0 Å². The number of halogens is 1. The van der Waals surface area contributed by atoms with Crippen LogP contribution in [0.15, 0.2) is 22.0 Å². The van der Waals surface area contributed by atoms with E-state index >= 15 is 0 Å². The lowest BCUT2D eigenvalue weighted by Gasteiger charge is -2.18. The Bertz CT molecular complexity index is 401. The molecule has 1 unspecified atom stereocenters. The van der Waals surface area contributed by atoms with Gasteiger partial charge >= 0.3 is 0 Å². The molecule has 0 aliphatic heterocycles. The lowest BCUT2D eigenvalue weighted by atomic mass is 10.1. The lowest BCUT2D eigenvalue weighted by molar-refractivity contribution is -0.117. The van der Waals surface area contributed by atoms with Gasteiger partial charge in [0.2, 0.25) is 5.91 Å². The molecule has 5 heteroatoms. The van der Waals surface area contributed by atoms with Gasteiger partial charge in [0.25, 0.3) is 0 Å². The summed E-state index contributed by atoms with van der Waals surface area (Å²) in [6.07, 6.45) is 3.25. The maximum Gasteiger partial charge on any atom is 0.244 e. The molecule has 1 atom stereocenters. The number of thiophene rings is 1. The van der Waals surface area contributed by atoms with Crippen LogP contribution < -0.4 is 5.32 Å². The fraction of sp³-hybridized carbons (Fsp3) is 0.417. The molecule has 17 heavy (non-hydrogen) atoms. The van der Waals surface area contributed by atoms with Gasteiger partial charge < -0.3 is 10.4 Å². The van der Waals surface area contributed by atoms with Crippen molar-refractivity contribution in [2.24, 2.45) is 5.92 Å². The highest BCUT2D eigenvalue weighted by molar-refractivity contribution is 9.11. The van der Waals surface area contributed by atoms with E-state index in [2.05, 4.69) is 21.2 Å². The Hall–Kier alpha value is -0.650. The van der Waals surface area contributed by atoms with Gasteiger partial charge in [0.1, 0.15) is 0 Å². The summed E-state index contributed by atoms with van der Waals surface area (Å²) in [6.45, 7) is 3.88. The van der Waals surface area contributed by atoms with Crippen LogP contribution >= 0.6 is 27.3 Å². The van der Waals surface area contributed by atoms with Crippen LogP contribution in [-0.2, 0) is 4.79 Å². The van der Waals surface area contributed by atoms with Gasteiger partial charge in [-0.2, -0.15) is 0 Å². The summed E-state index contributed by atoms with van der Waals surface area (Å²) in [5.41, 5.74) is 0. The molecule has 94 valence electrons. The normalized spacial score (nSPS) is 13.2. The highest BCUT2D eigenvalue weighted by atomic mass is 79.9. The molecule has 0 radical (unpaired) electrons. The number of nitrogens with one attached hydrogen (secondary N) is 1. The second-order valence-electron chi connectivity index (χ2n) is 4.02. The molecule has 3 nitrogen and oxygen atoms in total. The minimum atomic E-state index is -0.192. The Morgan fingerprint density at radius 2 is 2.29 bits per heavy atom. The van der Waals surface area contributed by atoms with E-state index in [9.17, 15) is 4.79 Å². The summed E-state index contributed by atoms with van der Waals surface area (Å²) in [4.78, 5) is 12.6. The molecule has 0 aliphatic rings. The van der Waals surface area contributed by atoms with E-state index in [0.717, 1.165) is 8.66 Å². The molecular formula is C12H16BrNO2S. The molecule has 1 rings (SSSR count). The van der Waals surface area contributed by atoms with Crippen molar-refractivity contribution < 1.29 is 9.90 Å². The van der Waals surface area contributed by atoms with E-state index in [1.807, 2.05) is 26.0 Å². The summed E-state index contributed by atoms with van der Waals surface area (Å²) in [6, 6.07) is 3.68. The first-order valence-corrected chi connectivity index (χ1v) is 6.98. The third-order valence-electron chi connectivity index (χ3n) is 2.32. The van der Waals surface area contributed by atoms with E-state index in [-0.39, 0.29) is 24.5 Å². The molecule has 0 aliphatic carbocycles. The van der Waals surface area contributed by atoms with Crippen molar-refractivity contribution in [1.29, 1.82) is 0 Å². The van der Waals surface area contributed by atoms with Crippen LogP contribution in [0.5, 0.6) is 0 Å². The zero-order valence-corrected chi connectivity index (χ0v) is 12.2. The van der Waals surface area contributed by atoms with Crippen molar-refractivity contribution in [3.05, 3.63) is 26.9 Å². The predicted octanol–water partition coefficient (Wildman–Crippen LogP) is 2.66. The van der Waals surface area contributed by atoms with Crippen LogP contribution in [0, 0.1) is 5.92 Å². The van der Waals surface area contributed by atoms with Gasteiger partial charge in [-0.15, -0.1) is 11.3 Å². The van der Waals surface area contributed by atoms with E-state index in [1.54, 1.807) is 17.4 Å².